The van der Waals surface area contributed by atoms with E-state index in [2.05, 4.69) is 36.6 Å². The molecule has 0 spiro atoms. The Morgan fingerprint density at radius 2 is 1.07 bits per heavy atom. The van der Waals surface area contributed by atoms with Gasteiger partial charge in [0.2, 0.25) is 47.3 Å². The fourth-order valence-corrected chi connectivity index (χ4v) is 15.8. The van der Waals surface area contributed by atoms with E-state index in [9.17, 15) is 34.6 Å². The number of anilines is 1. The summed E-state index contributed by atoms with van der Waals surface area (Å²) in [6.07, 6.45) is -1.12. The number of nitrogen functional groups attached to an aromatic ring is 1. The number of carbonyl (C=O) groups is 9. The van der Waals surface area contributed by atoms with Gasteiger partial charge >= 0.3 is 5.97 Å². The van der Waals surface area contributed by atoms with E-state index < -0.39 is 138 Å². The molecule has 28 heteroatoms. The molecule has 19 atom stereocenters. The van der Waals surface area contributed by atoms with Crippen LogP contribution in [0.1, 0.15) is 153 Å². The SMILES string of the molecule is CC[C@H](C)[C@@H]([C@@H](CC(=O)N1CCC[C@H]1[C@H](OC)[C@@H](C)C(=O)N[C@@H](Cc1ccccc1)C(=O)O)OCC(C)[C@H](C)[C@@H]([C@@H](CC(=O)N1CCC[C@H]1[C@H](OC)[C@@H](C)C(=O)N[C@H](CN=[N+]=[N-])Cc1ccc(N)cc1)OC)N(C)C(=O)[C@@H](NC(=O)[C@H](C(C)C)N(C)C)C(C)C)N(C)C(=O)[C@@H](NC(=O)[C@@H](NC)C(C)C)C(C)C. The van der Waals surface area contributed by atoms with Crippen molar-refractivity contribution in [2.75, 3.05) is 88.5 Å². The third kappa shape index (κ3) is 25.6. The number of nitrogens with zero attached hydrogens (tertiary/aromatic N) is 8. The molecule has 8 N–H and O–H groups in total. The minimum Gasteiger partial charge on any atom is -0.480 e. The minimum absolute atomic E-state index is 0.0200. The highest BCUT2D eigenvalue weighted by Gasteiger charge is 2.48. The summed E-state index contributed by atoms with van der Waals surface area (Å²) >= 11 is 0. The van der Waals surface area contributed by atoms with E-state index in [4.69, 9.17) is 24.7 Å². The Hall–Kier alpha value is -7.46. The van der Waals surface area contributed by atoms with Crippen molar-refractivity contribution in [3.63, 3.8) is 0 Å². The maximum Gasteiger partial charge on any atom is 0.326 e. The highest BCUT2D eigenvalue weighted by molar-refractivity contribution is 5.92. The van der Waals surface area contributed by atoms with Crippen molar-refractivity contribution in [3.8, 4) is 0 Å². The zero-order valence-corrected chi connectivity index (χ0v) is 68.1. The van der Waals surface area contributed by atoms with E-state index in [0.717, 1.165) is 11.1 Å². The number of methoxy groups -OCH3 is 3. The van der Waals surface area contributed by atoms with Crippen LogP contribution >= 0.6 is 0 Å². The number of nitrogens with two attached hydrogens (primary N) is 1. The normalized spacial score (nSPS) is 19.5. The molecule has 8 amide bonds. The van der Waals surface area contributed by atoms with Gasteiger partial charge in [-0.05, 0) is 123 Å². The molecule has 28 nitrogen and oxygen atoms in total. The number of benzene rings is 2. The second-order valence-electron chi connectivity index (χ2n) is 31.5. The average Bonchev–Trinajstić information content (AvgIpc) is 1.79. The van der Waals surface area contributed by atoms with Crippen LogP contribution in [0.5, 0.6) is 0 Å². The molecule has 0 bridgehead atoms. The Bertz CT molecular complexity index is 3200. The van der Waals surface area contributed by atoms with Gasteiger partial charge in [0.15, 0.2) is 0 Å². The number of carbonyl (C=O) groups excluding carboxylic acids is 8. The molecule has 2 fully saturated rings. The molecule has 602 valence electrons. The zero-order valence-electron chi connectivity index (χ0n) is 68.1. The van der Waals surface area contributed by atoms with Crippen molar-refractivity contribution in [1.29, 1.82) is 0 Å². The van der Waals surface area contributed by atoms with Crippen molar-refractivity contribution in [2.45, 2.75) is 240 Å². The average molecular weight is 1500 g/mol. The molecule has 2 aromatic carbocycles. The summed E-state index contributed by atoms with van der Waals surface area (Å²) in [4.78, 5) is 143. The molecular weight excluding hydrogens is 1370 g/mol. The molecule has 0 saturated carbocycles. The number of amides is 8. The molecule has 2 aliphatic heterocycles. The predicted molar refractivity (Wildman–Crippen MR) is 414 cm³/mol. The number of carboxylic acid groups (broad SMARTS) is 1. The van der Waals surface area contributed by atoms with Crippen molar-refractivity contribution in [2.24, 2.45) is 58.4 Å². The number of carboxylic acids is 1. The third-order valence-electron chi connectivity index (χ3n) is 22.2. The first-order valence-corrected chi connectivity index (χ1v) is 38.5. The number of aliphatic carboxylic acids is 1. The fraction of sp³-hybridized carbons (Fsp3) is 0.734. The van der Waals surface area contributed by atoms with Gasteiger partial charge in [-0.1, -0.05) is 151 Å². The first-order valence-electron chi connectivity index (χ1n) is 38.5. The van der Waals surface area contributed by atoms with Crippen LogP contribution in [0.25, 0.3) is 10.4 Å². The summed E-state index contributed by atoms with van der Waals surface area (Å²) in [7, 11) is 13.1. The van der Waals surface area contributed by atoms with E-state index in [-0.39, 0.29) is 85.6 Å². The molecule has 2 aliphatic rings. The quantitative estimate of drug-likeness (QED) is 0.0152. The van der Waals surface area contributed by atoms with Crippen LogP contribution < -0.4 is 32.3 Å². The van der Waals surface area contributed by atoms with Crippen LogP contribution in [0.15, 0.2) is 59.7 Å². The molecule has 1 unspecified atom stereocenters. The predicted octanol–water partition coefficient (Wildman–Crippen LogP) is 6.97. The number of rotatable bonds is 45. The van der Waals surface area contributed by atoms with E-state index in [1.54, 1.807) is 91.0 Å². The lowest BCUT2D eigenvalue weighted by Crippen LogP contribution is -2.60. The first kappa shape index (κ1) is 91.9. The van der Waals surface area contributed by atoms with Crippen molar-refractivity contribution in [3.05, 3.63) is 76.2 Å². The Kier molecular flexibility index (Phi) is 38.0. The number of nitrogens with one attached hydrogen (secondary N) is 5. The smallest absolute Gasteiger partial charge is 0.326 e. The summed E-state index contributed by atoms with van der Waals surface area (Å²) in [5, 5.41) is 29.1. The largest absolute Gasteiger partial charge is 0.480 e. The highest BCUT2D eigenvalue weighted by atomic mass is 16.5. The van der Waals surface area contributed by atoms with Crippen LogP contribution in [0, 0.1) is 53.3 Å². The number of likely N-dealkylation sites (N-methyl/N-ethyl adjacent to an activating group) is 4. The van der Waals surface area contributed by atoms with Crippen molar-refractivity contribution < 1.29 is 67.2 Å². The molecule has 2 heterocycles. The number of azide groups is 1. The molecule has 0 radical (unpaired) electrons. The lowest BCUT2D eigenvalue weighted by atomic mass is 9.83. The second-order valence-corrected chi connectivity index (χ2v) is 31.5. The molecule has 0 aromatic heterocycles. The molecule has 4 rings (SSSR count). The Balaban J connectivity index is 1.84. The van der Waals surface area contributed by atoms with Crippen LogP contribution in [0.2, 0.25) is 0 Å². The van der Waals surface area contributed by atoms with Gasteiger partial charge in [0.05, 0.1) is 85.3 Å². The van der Waals surface area contributed by atoms with Gasteiger partial charge in [0.25, 0.3) is 0 Å². The van der Waals surface area contributed by atoms with Crippen LogP contribution in [0.3, 0.4) is 0 Å². The van der Waals surface area contributed by atoms with Gasteiger partial charge in [-0.25, -0.2) is 4.79 Å². The Morgan fingerprint density at radius 1 is 0.598 bits per heavy atom. The maximum absolute atomic E-state index is 15.6. The van der Waals surface area contributed by atoms with Gasteiger partial charge < -0.3 is 76.0 Å². The summed E-state index contributed by atoms with van der Waals surface area (Å²) in [6.45, 7) is 26.9. The molecule has 2 saturated heterocycles. The number of ether oxygens (including phenoxy) is 4. The molecule has 107 heavy (non-hydrogen) atoms. The van der Waals surface area contributed by atoms with Crippen LogP contribution in [-0.2, 0) is 74.9 Å². The van der Waals surface area contributed by atoms with E-state index in [0.29, 0.717) is 57.3 Å². The summed E-state index contributed by atoms with van der Waals surface area (Å²) in [5.74, 6) is -8.44. The van der Waals surface area contributed by atoms with E-state index >= 15 is 19.2 Å². The topological polar surface area (TPSA) is 362 Å². The summed E-state index contributed by atoms with van der Waals surface area (Å²) in [6, 6.07) is 8.26. The third-order valence-corrected chi connectivity index (χ3v) is 22.2. The monoisotopic (exact) mass is 1500 g/mol. The standard InChI is InChI=1S/C79H132N14O14/c1-23-49(10)69(90(18)77(100)66(46(4)5)86-75(98)65(82-15)45(2)3)62(42-64(95)93-38-28-32-60(93)72(106-22)53(14)74(97)85-58(79(102)103)40-54-29-25-24-26-30-54)107-44-50(11)51(12)70(91(19)78(101)67(47(6)7)87-76(99)68(48(8)9)89(16)17)61(104-20)41-63(94)92-37-27-31-59(92)71(105-21)52(13)73(96)84-57(43-83-88-81)39-55-33-35-56(80)36-34-55/h24-26,29-30,33-36,45-53,57-62,65-72,82H,23,27-28,31-32,37-44,80H2,1-22H3,(H,84,96)(H,85,97)(H,86,98)(H,87,99)(H,102,103)/t49-,50?,51-,52+,53+,57-,58-,59-,60-,61+,62+,65-,66-,67-,68-,69-,70-,71+,72+/m0/s1. The van der Waals surface area contributed by atoms with Gasteiger partial charge in [0.1, 0.15) is 18.1 Å². The number of hydrogen-bond acceptors (Lipinski definition) is 17. The molecular formula is C79H132N14O14. The zero-order chi connectivity index (χ0) is 80.4. The van der Waals surface area contributed by atoms with Crippen LogP contribution in [-0.4, -0.2) is 250 Å². The summed E-state index contributed by atoms with van der Waals surface area (Å²) < 4.78 is 26.0. The number of likely N-dealkylation sites (tertiary alicyclic amines) is 2. The Labute approximate surface area is 637 Å². The van der Waals surface area contributed by atoms with Crippen LogP contribution in [0.4, 0.5) is 5.69 Å². The number of hydrogen-bond donors (Lipinski definition) is 7. The Morgan fingerprint density at radius 3 is 1.51 bits per heavy atom. The first-order chi connectivity index (χ1) is 50.5. The lowest BCUT2D eigenvalue weighted by Gasteiger charge is -2.44. The summed E-state index contributed by atoms with van der Waals surface area (Å²) in [5.41, 5.74) is 17.4. The second kappa shape index (κ2) is 44.3. The fourth-order valence-electron chi connectivity index (χ4n) is 15.8. The molecule has 2 aromatic rings. The lowest BCUT2D eigenvalue weighted by molar-refractivity contribution is -0.152. The van der Waals surface area contributed by atoms with Gasteiger partial charge in [-0.3, -0.25) is 43.3 Å². The highest BCUT2D eigenvalue weighted by Crippen LogP contribution is 2.35. The van der Waals surface area contributed by atoms with Crippen molar-refractivity contribution in [1.82, 2.24) is 51.1 Å². The molecule has 0 aliphatic carbocycles. The van der Waals surface area contributed by atoms with Gasteiger partial charge in [0, 0.05) is 84.7 Å². The van der Waals surface area contributed by atoms with Crippen molar-refractivity contribution >= 4 is 58.9 Å². The van der Waals surface area contributed by atoms with E-state index in [1.807, 2.05) is 120 Å². The van der Waals surface area contributed by atoms with Gasteiger partial charge in [-0.2, -0.15) is 0 Å². The maximum atomic E-state index is 15.6. The minimum atomic E-state index is -1.25. The van der Waals surface area contributed by atoms with E-state index in [1.165, 1.54) is 21.3 Å². The van der Waals surface area contributed by atoms with Gasteiger partial charge in [-0.15, -0.1) is 0 Å².